The summed E-state index contributed by atoms with van der Waals surface area (Å²) in [7, 11) is -2.91. The van der Waals surface area contributed by atoms with E-state index in [1.165, 1.54) is 0 Å². The van der Waals surface area contributed by atoms with E-state index in [4.69, 9.17) is 0 Å². The molecular formula is C10H18N2O3S. The first kappa shape index (κ1) is 11.9. The number of hydrogen-bond donors (Lipinski definition) is 1. The molecule has 2 rings (SSSR count). The lowest BCUT2D eigenvalue weighted by Gasteiger charge is -2.34. The number of rotatable bonds is 1. The molecule has 2 aliphatic rings. The highest BCUT2D eigenvalue weighted by Gasteiger charge is 2.40. The summed E-state index contributed by atoms with van der Waals surface area (Å²) < 4.78 is 22.5. The van der Waals surface area contributed by atoms with Crippen molar-refractivity contribution in [1.29, 1.82) is 0 Å². The van der Waals surface area contributed by atoms with Gasteiger partial charge in [-0.25, -0.2) is 8.42 Å². The standard InChI is InChI=1S/C10H18N2O3S/c1-10(3-2-4-11-10)9(13)12-5-7-16(14,15)8-6-12/h11H,2-8H2,1H3. The Morgan fingerprint density at radius 2 is 1.94 bits per heavy atom. The summed E-state index contributed by atoms with van der Waals surface area (Å²) in [5.74, 6) is 0.267. The zero-order chi connectivity index (χ0) is 11.8. The van der Waals surface area contributed by atoms with Gasteiger partial charge in [-0.3, -0.25) is 4.79 Å². The SMILES string of the molecule is CC1(C(=O)N2CCS(=O)(=O)CC2)CCCN1. The van der Waals surface area contributed by atoms with Crippen molar-refractivity contribution in [1.82, 2.24) is 10.2 Å². The maximum atomic E-state index is 12.2. The van der Waals surface area contributed by atoms with E-state index in [9.17, 15) is 13.2 Å². The second-order valence-electron chi connectivity index (χ2n) is 4.81. The fraction of sp³-hybridized carbons (Fsp3) is 0.900. The molecule has 16 heavy (non-hydrogen) atoms. The summed E-state index contributed by atoms with van der Waals surface area (Å²) in [4.78, 5) is 13.9. The van der Waals surface area contributed by atoms with Crippen molar-refractivity contribution in [2.24, 2.45) is 0 Å². The molecule has 0 saturated carbocycles. The number of hydrogen-bond acceptors (Lipinski definition) is 4. The normalized spacial score (nSPS) is 33.9. The first-order valence-electron chi connectivity index (χ1n) is 5.68. The summed E-state index contributed by atoms with van der Waals surface area (Å²) in [6.45, 7) is 3.47. The number of sulfone groups is 1. The summed E-state index contributed by atoms with van der Waals surface area (Å²) in [6.07, 6.45) is 1.85. The van der Waals surface area contributed by atoms with Crippen LogP contribution in [0.5, 0.6) is 0 Å². The molecule has 1 unspecified atom stereocenters. The van der Waals surface area contributed by atoms with Gasteiger partial charge in [-0.05, 0) is 26.3 Å². The van der Waals surface area contributed by atoms with Crippen molar-refractivity contribution >= 4 is 15.7 Å². The lowest BCUT2D eigenvalue weighted by atomic mass is 9.98. The van der Waals surface area contributed by atoms with Crippen LogP contribution in [-0.2, 0) is 14.6 Å². The number of carbonyl (C=O) groups is 1. The second kappa shape index (κ2) is 4.00. The smallest absolute Gasteiger partial charge is 0.242 e. The summed E-state index contributed by atoms with van der Waals surface area (Å²) in [6, 6.07) is 0. The van der Waals surface area contributed by atoms with Crippen LogP contribution in [0.25, 0.3) is 0 Å². The number of carbonyl (C=O) groups excluding carboxylic acids is 1. The molecule has 2 fully saturated rings. The molecule has 0 aromatic heterocycles. The highest BCUT2D eigenvalue weighted by molar-refractivity contribution is 7.91. The van der Waals surface area contributed by atoms with Crippen LogP contribution in [0.2, 0.25) is 0 Å². The molecule has 92 valence electrons. The van der Waals surface area contributed by atoms with Crippen molar-refractivity contribution in [2.45, 2.75) is 25.3 Å². The third kappa shape index (κ3) is 2.22. The predicted octanol–water partition coefficient (Wildman–Crippen LogP) is -0.614. The zero-order valence-electron chi connectivity index (χ0n) is 9.53. The van der Waals surface area contributed by atoms with E-state index in [0.717, 1.165) is 19.4 Å². The van der Waals surface area contributed by atoms with Gasteiger partial charge in [0.25, 0.3) is 0 Å². The first-order valence-corrected chi connectivity index (χ1v) is 7.50. The Morgan fingerprint density at radius 3 is 2.44 bits per heavy atom. The molecule has 2 aliphatic heterocycles. The third-order valence-corrected chi connectivity index (χ3v) is 5.08. The minimum atomic E-state index is -2.91. The minimum Gasteiger partial charge on any atom is -0.339 e. The molecule has 0 radical (unpaired) electrons. The van der Waals surface area contributed by atoms with E-state index < -0.39 is 15.4 Å². The van der Waals surface area contributed by atoms with Gasteiger partial charge in [-0.15, -0.1) is 0 Å². The van der Waals surface area contributed by atoms with Crippen LogP contribution < -0.4 is 5.32 Å². The Labute approximate surface area is 96.1 Å². The fourth-order valence-electron chi connectivity index (χ4n) is 2.34. The number of nitrogens with zero attached hydrogens (tertiary/aromatic N) is 1. The van der Waals surface area contributed by atoms with E-state index in [1.54, 1.807) is 4.90 Å². The number of amides is 1. The van der Waals surface area contributed by atoms with Gasteiger partial charge in [0.05, 0.1) is 17.0 Å². The molecule has 1 amide bonds. The van der Waals surface area contributed by atoms with Crippen LogP contribution in [0.4, 0.5) is 0 Å². The van der Waals surface area contributed by atoms with E-state index in [2.05, 4.69) is 5.32 Å². The van der Waals surface area contributed by atoms with Gasteiger partial charge in [0, 0.05) is 13.1 Å². The second-order valence-corrected chi connectivity index (χ2v) is 7.11. The molecule has 2 heterocycles. The molecule has 2 saturated heterocycles. The summed E-state index contributed by atoms with van der Waals surface area (Å²) >= 11 is 0. The van der Waals surface area contributed by atoms with E-state index in [0.29, 0.717) is 13.1 Å². The molecule has 0 aromatic carbocycles. The molecule has 0 aliphatic carbocycles. The fourth-order valence-corrected chi connectivity index (χ4v) is 3.54. The third-order valence-electron chi connectivity index (χ3n) is 3.47. The van der Waals surface area contributed by atoms with Gasteiger partial charge in [0.15, 0.2) is 9.84 Å². The van der Waals surface area contributed by atoms with Gasteiger partial charge in [-0.1, -0.05) is 0 Å². The van der Waals surface area contributed by atoms with E-state index in [-0.39, 0.29) is 17.4 Å². The lowest BCUT2D eigenvalue weighted by molar-refractivity contribution is -0.136. The van der Waals surface area contributed by atoms with Gasteiger partial charge in [0.2, 0.25) is 5.91 Å². The van der Waals surface area contributed by atoms with E-state index in [1.807, 2.05) is 6.92 Å². The molecule has 6 heteroatoms. The van der Waals surface area contributed by atoms with Gasteiger partial charge in [-0.2, -0.15) is 0 Å². The Kier molecular flexibility index (Phi) is 2.96. The van der Waals surface area contributed by atoms with Crippen LogP contribution in [0.3, 0.4) is 0 Å². The van der Waals surface area contributed by atoms with E-state index >= 15 is 0 Å². The molecule has 5 nitrogen and oxygen atoms in total. The first-order chi connectivity index (χ1) is 7.43. The Balaban J connectivity index is 2.01. The quantitative estimate of drug-likeness (QED) is 0.670. The lowest BCUT2D eigenvalue weighted by Crippen LogP contribution is -2.56. The summed E-state index contributed by atoms with van der Waals surface area (Å²) in [5.41, 5.74) is -0.471. The molecular weight excluding hydrogens is 228 g/mol. The van der Waals surface area contributed by atoms with Crippen molar-refractivity contribution in [3.63, 3.8) is 0 Å². The van der Waals surface area contributed by atoms with Gasteiger partial charge in [0.1, 0.15) is 0 Å². The van der Waals surface area contributed by atoms with Crippen LogP contribution in [0, 0.1) is 0 Å². The van der Waals surface area contributed by atoms with Crippen molar-refractivity contribution in [3.05, 3.63) is 0 Å². The number of nitrogens with one attached hydrogen (secondary N) is 1. The molecule has 0 bridgehead atoms. The highest BCUT2D eigenvalue weighted by Crippen LogP contribution is 2.22. The maximum Gasteiger partial charge on any atom is 0.242 e. The zero-order valence-corrected chi connectivity index (χ0v) is 10.3. The van der Waals surface area contributed by atoms with Crippen LogP contribution in [0.15, 0.2) is 0 Å². The van der Waals surface area contributed by atoms with Crippen LogP contribution in [0.1, 0.15) is 19.8 Å². The van der Waals surface area contributed by atoms with Crippen molar-refractivity contribution in [2.75, 3.05) is 31.1 Å². The largest absolute Gasteiger partial charge is 0.339 e. The average molecular weight is 246 g/mol. The Bertz CT molecular complexity index is 371. The highest BCUT2D eigenvalue weighted by atomic mass is 32.2. The van der Waals surface area contributed by atoms with Gasteiger partial charge < -0.3 is 10.2 Å². The van der Waals surface area contributed by atoms with Crippen molar-refractivity contribution < 1.29 is 13.2 Å². The Morgan fingerprint density at radius 1 is 1.31 bits per heavy atom. The van der Waals surface area contributed by atoms with Crippen molar-refractivity contribution in [3.8, 4) is 0 Å². The Hall–Kier alpha value is -0.620. The van der Waals surface area contributed by atoms with Crippen LogP contribution in [-0.4, -0.2) is 55.9 Å². The molecule has 1 N–H and O–H groups in total. The molecule has 0 aromatic rings. The summed E-state index contributed by atoms with van der Waals surface area (Å²) in [5, 5.41) is 3.21. The topological polar surface area (TPSA) is 66.5 Å². The average Bonchev–Trinajstić information content (AvgIpc) is 2.66. The molecule has 1 atom stereocenters. The maximum absolute atomic E-state index is 12.2. The van der Waals surface area contributed by atoms with Crippen LogP contribution >= 0.6 is 0 Å². The molecule has 0 spiro atoms. The monoisotopic (exact) mass is 246 g/mol. The predicted molar refractivity (Wildman–Crippen MR) is 60.9 cm³/mol. The minimum absolute atomic E-state index is 0.0555. The van der Waals surface area contributed by atoms with Gasteiger partial charge >= 0.3 is 0 Å².